The quantitative estimate of drug-likeness (QED) is 0.327. The van der Waals surface area contributed by atoms with E-state index >= 15 is 0 Å². The first-order chi connectivity index (χ1) is 14.1. The van der Waals surface area contributed by atoms with Gasteiger partial charge in [-0.1, -0.05) is 77.3 Å². The zero-order valence-electron chi connectivity index (χ0n) is 15.5. The van der Waals surface area contributed by atoms with Crippen LogP contribution >= 0.6 is 34.8 Å². The molecule has 2 nitrogen and oxygen atoms in total. The Labute approximate surface area is 185 Å². The number of benzene rings is 4. The molecule has 0 heterocycles. The van der Waals surface area contributed by atoms with Gasteiger partial charge in [0.05, 0.1) is 10.0 Å². The van der Waals surface area contributed by atoms with Crippen molar-refractivity contribution in [2.45, 2.75) is 13.2 Å². The van der Waals surface area contributed by atoms with Crippen LogP contribution in [0.15, 0.2) is 78.9 Å². The summed E-state index contributed by atoms with van der Waals surface area (Å²) in [5.41, 5.74) is 2.99. The fourth-order valence-electron chi connectivity index (χ4n) is 3.19. The predicted molar refractivity (Wildman–Crippen MR) is 124 cm³/mol. The molecule has 0 unspecified atom stereocenters. The second-order valence-electron chi connectivity index (χ2n) is 6.67. The molecule has 1 N–H and O–H groups in total. The van der Waals surface area contributed by atoms with Gasteiger partial charge in [0, 0.05) is 28.2 Å². The number of halogens is 3. The smallest absolute Gasteiger partial charge is 0.124 e. The van der Waals surface area contributed by atoms with E-state index in [2.05, 4.69) is 29.6 Å². The Morgan fingerprint density at radius 1 is 0.759 bits per heavy atom. The summed E-state index contributed by atoms with van der Waals surface area (Å²) in [6, 6.07) is 25.6. The van der Waals surface area contributed by atoms with Crippen LogP contribution in [0.25, 0.3) is 10.8 Å². The van der Waals surface area contributed by atoms with Crippen molar-refractivity contribution in [3.63, 3.8) is 0 Å². The van der Waals surface area contributed by atoms with Crippen molar-refractivity contribution in [2.24, 2.45) is 0 Å². The Morgan fingerprint density at radius 3 is 2.45 bits per heavy atom. The summed E-state index contributed by atoms with van der Waals surface area (Å²) in [5.74, 6) is 0.771. The molecule has 0 aromatic heterocycles. The maximum atomic E-state index is 6.23. The van der Waals surface area contributed by atoms with Gasteiger partial charge in [0.25, 0.3) is 0 Å². The minimum atomic E-state index is 0.389. The number of fused-ring (bicyclic) bond motifs is 1. The van der Waals surface area contributed by atoms with Crippen molar-refractivity contribution >= 4 is 51.3 Å². The molecule has 0 aliphatic carbocycles. The zero-order valence-corrected chi connectivity index (χ0v) is 17.7. The summed E-state index contributed by atoms with van der Waals surface area (Å²) >= 11 is 18.3. The van der Waals surface area contributed by atoms with Gasteiger partial charge in [0.2, 0.25) is 0 Å². The largest absolute Gasteiger partial charge is 0.489 e. The second kappa shape index (κ2) is 8.96. The molecule has 0 spiro atoms. The Bertz CT molecular complexity index is 1150. The third-order valence-electron chi connectivity index (χ3n) is 4.66. The Balaban J connectivity index is 1.52. The van der Waals surface area contributed by atoms with E-state index in [4.69, 9.17) is 39.5 Å². The monoisotopic (exact) mass is 441 g/mol. The molecule has 0 aliphatic rings. The highest BCUT2D eigenvalue weighted by molar-refractivity contribution is 6.42. The zero-order chi connectivity index (χ0) is 20.2. The van der Waals surface area contributed by atoms with E-state index in [0.717, 1.165) is 22.6 Å². The lowest BCUT2D eigenvalue weighted by molar-refractivity contribution is 0.303. The number of anilines is 1. The number of ether oxygens (including phenoxy) is 1. The molecule has 0 bridgehead atoms. The molecule has 0 atom stereocenters. The molecule has 0 amide bonds. The fourth-order valence-corrected chi connectivity index (χ4v) is 3.70. The van der Waals surface area contributed by atoms with Crippen LogP contribution < -0.4 is 10.1 Å². The van der Waals surface area contributed by atoms with E-state index in [1.54, 1.807) is 6.07 Å². The summed E-state index contributed by atoms with van der Waals surface area (Å²) in [5, 5.41) is 7.59. The van der Waals surface area contributed by atoms with Crippen LogP contribution in [-0.4, -0.2) is 0 Å². The van der Waals surface area contributed by atoms with E-state index < -0.39 is 0 Å². The van der Waals surface area contributed by atoms with Crippen LogP contribution in [-0.2, 0) is 13.2 Å². The topological polar surface area (TPSA) is 21.3 Å². The molecule has 4 aromatic carbocycles. The van der Waals surface area contributed by atoms with Crippen LogP contribution in [0.2, 0.25) is 15.1 Å². The molecular weight excluding hydrogens is 425 g/mol. The van der Waals surface area contributed by atoms with Crippen molar-refractivity contribution in [3.05, 3.63) is 105 Å². The van der Waals surface area contributed by atoms with Gasteiger partial charge in [0.15, 0.2) is 0 Å². The first-order valence-corrected chi connectivity index (χ1v) is 10.3. The van der Waals surface area contributed by atoms with Crippen LogP contribution in [0.5, 0.6) is 5.75 Å². The second-order valence-corrected chi connectivity index (χ2v) is 7.92. The Morgan fingerprint density at radius 2 is 1.59 bits per heavy atom. The van der Waals surface area contributed by atoms with Crippen LogP contribution in [0.3, 0.4) is 0 Å². The first kappa shape index (κ1) is 19.9. The number of hydrogen-bond donors (Lipinski definition) is 1. The molecule has 146 valence electrons. The highest BCUT2D eigenvalue weighted by Crippen LogP contribution is 2.28. The molecule has 0 aliphatic heterocycles. The average Bonchev–Trinajstić information content (AvgIpc) is 2.74. The van der Waals surface area contributed by atoms with Crippen molar-refractivity contribution < 1.29 is 4.74 Å². The summed E-state index contributed by atoms with van der Waals surface area (Å²) in [4.78, 5) is 0. The molecule has 0 saturated heterocycles. The van der Waals surface area contributed by atoms with Crippen LogP contribution in [0.1, 0.15) is 11.1 Å². The van der Waals surface area contributed by atoms with Crippen LogP contribution in [0.4, 0.5) is 5.69 Å². The van der Waals surface area contributed by atoms with Gasteiger partial charge >= 0.3 is 0 Å². The average molecular weight is 443 g/mol. The SMILES string of the molecule is Clc1ccc(OCc2ccc(Cl)c(Cl)c2)c(CNc2cccc3ccccc23)c1. The van der Waals surface area contributed by atoms with Gasteiger partial charge < -0.3 is 10.1 Å². The van der Waals surface area contributed by atoms with E-state index in [-0.39, 0.29) is 0 Å². The van der Waals surface area contributed by atoms with E-state index in [1.807, 2.05) is 48.5 Å². The van der Waals surface area contributed by atoms with Crippen molar-refractivity contribution in [1.82, 2.24) is 0 Å². The predicted octanol–water partition coefficient (Wildman–Crippen LogP) is 7.99. The molecule has 0 saturated carbocycles. The van der Waals surface area contributed by atoms with E-state index in [9.17, 15) is 0 Å². The lowest BCUT2D eigenvalue weighted by Gasteiger charge is -2.15. The van der Waals surface area contributed by atoms with Gasteiger partial charge in [-0.3, -0.25) is 0 Å². The molecule has 5 heteroatoms. The number of rotatable bonds is 6. The van der Waals surface area contributed by atoms with Crippen LogP contribution in [0, 0.1) is 0 Å². The maximum absolute atomic E-state index is 6.23. The van der Waals surface area contributed by atoms with Gasteiger partial charge in [-0.2, -0.15) is 0 Å². The fraction of sp³-hybridized carbons (Fsp3) is 0.0833. The minimum Gasteiger partial charge on any atom is -0.489 e. The minimum absolute atomic E-state index is 0.389. The highest BCUT2D eigenvalue weighted by Gasteiger charge is 2.08. The third kappa shape index (κ3) is 4.79. The Hall–Kier alpha value is -2.39. The summed E-state index contributed by atoms with van der Waals surface area (Å²) < 4.78 is 6.05. The summed E-state index contributed by atoms with van der Waals surface area (Å²) in [6.07, 6.45) is 0. The number of nitrogens with one attached hydrogen (secondary N) is 1. The van der Waals surface area contributed by atoms with Crippen molar-refractivity contribution in [2.75, 3.05) is 5.32 Å². The van der Waals surface area contributed by atoms with Gasteiger partial charge in [-0.25, -0.2) is 0 Å². The molecule has 4 rings (SSSR count). The normalized spacial score (nSPS) is 10.9. The van der Waals surface area contributed by atoms with E-state index in [1.165, 1.54) is 10.8 Å². The Kier molecular flexibility index (Phi) is 6.15. The van der Waals surface area contributed by atoms with Gasteiger partial charge in [0.1, 0.15) is 12.4 Å². The molecule has 29 heavy (non-hydrogen) atoms. The summed E-state index contributed by atoms with van der Waals surface area (Å²) in [7, 11) is 0. The van der Waals surface area contributed by atoms with Crippen molar-refractivity contribution in [1.29, 1.82) is 0 Å². The van der Waals surface area contributed by atoms with E-state index in [0.29, 0.717) is 28.2 Å². The lowest BCUT2D eigenvalue weighted by atomic mass is 10.1. The summed E-state index contributed by atoms with van der Waals surface area (Å²) in [6.45, 7) is 0.977. The van der Waals surface area contributed by atoms with Crippen molar-refractivity contribution in [3.8, 4) is 5.75 Å². The molecule has 0 radical (unpaired) electrons. The first-order valence-electron chi connectivity index (χ1n) is 9.17. The highest BCUT2D eigenvalue weighted by atomic mass is 35.5. The maximum Gasteiger partial charge on any atom is 0.124 e. The number of hydrogen-bond acceptors (Lipinski definition) is 2. The molecule has 4 aromatic rings. The third-order valence-corrected chi connectivity index (χ3v) is 5.63. The molecule has 0 fully saturated rings. The van der Waals surface area contributed by atoms with Gasteiger partial charge in [-0.05, 0) is 47.3 Å². The molecular formula is C24H18Cl3NO. The lowest BCUT2D eigenvalue weighted by Crippen LogP contribution is -2.04. The van der Waals surface area contributed by atoms with Gasteiger partial charge in [-0.15, -0.1) is 0 Å². The standard InChI is InChI=1S/C24H18Cl3NO/c25-19-9-11-24(29-15-16-8-10-21(26)22(27)12-16)18(13-19)14-28-23-7-3-5-17-4-1-2-6-20(17)23/h1-13,28H,14-15H2.